The van der Waals surface area contributed by atoms with E-state index in [-0.39, 0.29) is 0 Å². The molecule has 0 bridgehead atoms. The van der Waals surface area contributed by atoms with Gasteiger partial charge in [0.25, 0.3) is 0 Å². The molecule has 0 amide bonds. The normalized spacial score (nSPS) is 20.7. The molecule has 1 unspecified atom stereocenters. The maximum absolute atomic E-state index is 3.71. The van der Waals surface area contributed by atoms with Crippen LogP contribution in [-0.2, 0) is 6.42 Å². The topological polar surface area (TPSA) is 12.0 Å². The fraction of sp³-hybridized carbons (Fsp3) is 0.571. The Hall–Kier alpha value is -0.630. The summed E-state index contributed by atoms with van der Waals surface area (Å²) in [5.41, 5.74) is 2.83. The largest absolute Gasteiger partial charge is 0.381 e. The van der Waals surface area contributed by atoms with Crippen LogP contribution < -0.4 is 5.32 Å². The van der Waals surface area contributed by atoms with E-state index >= 15 is 0 Å². The van der Waals surface area contributed by atoms with Crippen LogP contribution in [0.15, 0.2) is 24.3 Å². The Bertz CT molecular complexity index is 318. The second-order valence-electron chi connectivity index (χ2n) is 4.47. The number of hydrogen-bond acceptors (Lipinski definition) is 2. The van der Waals surface area contributed by atoms with Gasteiger partial charge in [0.15, 0.2) is 0 Å². The van der Waals surface area contributed by atoms with Crippen LogP contribution in [0.5, 0.6) is 0 Å². The van der Waals surface area contributed by atoms with Crippen molar-refractivity contribution in [1.82, 2.24) is 0 Å². The Kier molecular flexibility index (Phi) is 4.58. The first-order chi connectivity index (χ1) is 7.90. The minimum Gasteiger partial charge on any atom is -0.381 e. The molecule has 1 fully saturated rings. The van der Waals surface area contributed by atoms with Gasteiger partial charge in [-0.05, 0) is 36.6 Å². The molecule has 1 aliphatic heterocycles. The molecule has 2 rings (SSSR count). The summed E-state index contributed by atoms with van der Waals surface area (Å²) < 4.78 is 0. The Morgan fingerprint density at radius 1 is 1.38 bits per heavy atom. The molecule has 88 valence electrons. The summed E-state index contributed by atoms with van der Waals surface area (Å²) in [7, 11) is 0. The van der Waals surface area contributed by atoms with E-state index in [1.807, 2.05) is 0 Å². The number of para-hydroxylation sites is 1. The summed E-state index contributed by atoms with van der Waals surface area (Å²) in [6.07, 6.45) is 5.09. The van der Waals surface area contributed by atoms with Crippen LogP contribution in [-0.4, -0.2) is 17.5 Å². The van der Waals surface area contributed by atoms with E-state index in [2.05, 4.69) is 48.3 Å². The van der Waals surface area contributed by atoms with E-state index in [1.54, 1.807) is 0 Å². The molecule has 16 heavy (non-hydrogen) atoms. The van der Waals surface area contributed by atoms with Gasteiger partial charge in [0, 0.05) is 17.5 Å². The van der Waals surface area contributed by atoms with Crippen LogP contribution in [0.25, 0.3) is 0 Å². The fourth-order valence-electron chi connectivity index (χ4n) is 2.22. The highest BCUT2D eigenvalue weighted by Crippen LogP contribution is 2.23. The van der Waals surface area contributed by atoms with Crippen molar-refractivity contribution in [2.24, 2.45) is 0 Å². The summed E-state index contributed by atoms with van der Waals surface area (Å²) in [6, 6.07) is 9.44. The van der Waals surface area contributed by atoms with Gasteiger partial charge < -0.3 is 5.32 Å². The zero-order chi connectivity index (χ0) is 11.2. The molecule has 1 atom stereocenters. The predicted molar refractivity (Wildman–Crippen MR) is 74.4 cm³/mol. The molecule has 2 heteroatoms. The fourth-order valence-corrected chi connectivity index (χ4v) is 3.29. The van der Waals surface area contributed by atoms with Crippen LogP contribution in [0, 0.1) is 0 Å². The van der Waals surface area contributed by atoms with Gasteiger partial charge >= 0.3 is 0 Å². The first kappa shape index (κ1) is 11.8. The second-order valence-corrected chi connectivity index (χ2v) is 5.62. The van der Waals surface area contributed by atoms with E-state index < -0.39 is 0 Å². The molecular formula is C14H21NS. The van der Waals surface area contributed by atoms with Crippen LogP contribution >= 0.6 is 11.8 Å². The van der Waals surface area contributed by atoms with Crippen molar-refractivity contribution < 1.29 is 0 Å². The number of rotatable bonds is 4. The maximum Gasteiger partial charge on any atom is 0.0375 e. The summed E-state index contributed by atoms with van der Waals surface area (Å²) in [4.78, 5) is 0. The number of thioether (sulfide) groups is 1. The molecule has 1 aromatic carbocycles. The summed E-state index contributed by atoms with van der Waals surface area (Å²) in [6.45, 7) is 2.24. The van der Waals surface area contributed by atoms with Crippen molar-refractivity contribution in [3.63, 3.8) is 0 Å². The number of benzene rings is 1. The third-order valence-electron chi connectivity index (χ3n) is 3.06. The lowest BCUT2D eigenvalue weighted by atomic mass is 10.1. The third-order valence-corrected chi connectivity index (χ3v) is 4.27. The molecule has 0 spiro atoms. The molecule has 0 radical (unpaired) electrons. The zero-order valence-electron chi connectivity index (χ0n) is 10.0. The van der Waals surface area contributed by atoms with Crippen LogP contribution in [0.4, 0.5) is 5.69 Å². The quantitative estimate of drug-likeness (QED) is 0.848. The SMILES string of the molecule is CCCc1ccccc1NC1CCCSC1. The Labute approximate surface area is 103 Å². The lowest BCUT2D eigenvalue weighted by Crippen LogP contribution is -2.26. The highest BCUT2D eigenvalue weighted by atomic mass is 32.2. The van der Waals surface area contributed by atoms with Crippen LogP contribution in [0.1, 0.15) is 31.7 Å². The van der Waals surface area contributed by atoms with Gasteiger partial charge in [0.2, 0.25) is 0 Å². The lowest BCUT2D eigenvalue weighted by molar-refractivity contribution is 0.684. The molecule has 1 N–H and O–H groups in total. The average molecular weight is 235 g/mol. The van der Waals surface area contributed by atoms with Gasteiger partial charge in [-0.15, -0.1) is 0 Å². The first-order valence-corrected chi connectivity index (χ1v) is 7.48. The van der Waals surface area contributed by atoms with E-state index in [1.165, 1.54) is 48.4 Å². The standard InChI is InChI=1S/C14H21NS/c1-2-6-12-7-3-4-9-14(12)15-13-8-5-10-16-11-13/h3-4,7,9,13,15H,2,5-6,8,10-11H2,1H3. The smallest absolute Gasteiger partial charge is 0.0375 e. The van der Waals surface area contributed by atoms with Gasteiger partial charge in [-0.2, -0.15) is 11.8 Å². The van der Waals surface area contributed by atoms with Crippen molar-refractivity contribution in [3.05, 3.63) is 29.8 Å². The zero-order valence-corrected chi connectivity index (χ0v) is 10.9. The van der Waals surface area contributed by atoms with E-state index in [0.717, 1.165) is 0 Å². The van der Waals surface area contributed by atoms with Crippen LogP contribution in [0.2, 0.25) is 0 Å². The summed E-state index contributed by atoms with van der Waals surface area (Å²) in [5.74, 6) is 2.61. The van der Waals surface area contributed by atoms with E-state index in [4.69, 9.17) is 0 Å². The Balaban J connectivity index is 2.01. The molecule has 1 nitrogen and oxygen atoms in total. The molecule has 0 aliphatic carbocycles. The minimum absolute atomic E-state index is 0.678. The van der Waals surface area contributed by atoms with E-state index in [9.17, 15) is 0 Å². The number of hydrogen-bond donors (Lipinski definition) is 1. The van der Waals surface area contributed by atoms with Crippen molar-refractivity contribution >= 4 is 17.4 Å². The van der Waals surface area contributed by atoms with Crippen molar-refractivity contribution in [2.75, 3.05) is 16.8 Å². The monoisotopic (exact) mass is 235 g/mol. The maximum atomic E-state index is 3.71. The van der Waals surface area contributed by atoms with Gasteiger partial charge in [0.1, 0.15) is 0 Å². The molecule has 0 saturated carbocycles. The minimum atomic E-state index is 0.678. The Morgan fingerprint density at radius 2 is 2.25 bits per heavy atom. The average Bonchev–Trinajstić information content (AvgIpc) is 2.33. The number of aryl methyl sites for hydroxylation is 1. The highest BCUT2D eigenvalue weighted by Gasteiger charge is 2.14. The molecule has 1 aromatic rings. The first-order valence-electron chi connectivity index (χ1n) is 6.32. The van der Waals surface area contributed by atoms with Gasteiger partial charge in [-0.3, -0.25) is 0 Å². The van der Waals surface area contributed by atoms with Crippen molar-refractivity contribution in [1.29, 1.82) is 0 Å². The Morgan fingerprint density at radius 3 is 3.00 bits per heavy atom. The molecule has 1 saturated heterocycles. The summed E-state index contributed by atoms with van der Waals surface area (Å²) >= 11 is 2.08. The van der Waals surface area contributed by atoms with Crippen LogP contribution in [0.3, 0.4) is 0 Å². The molecule has 1 aliphatic rings. The van der Waals surface area contributed by atoms with Gasteiger partial charge in [-0.25, -0.2) is 0 Å². The molecule has 1 heterocycles. The summed E-state index contributed by atoms with van der Waals surface area (Å²) in [5, 5.41) is 3.71. The lowest BCUT2D eigenvalue weighted by Gasteiger charge is -2.24. The number of anilines is 1. The third kappa shape index (κ3) is 3.18. The molecule has 0 aromatic heterocycles. The van der Waals surface area contributed by atoms with Gasteiger partial charge in [0.05, 0.1) is 0 Å². The van der Waals surface area contributed by atoms with Gasteiger partial charge in [-0.1, -0.05) is 31.5 Å². The number of nitrogens with one attached hydrogen (secondary N) is 1. The highest BCUT2D eigenvalue weighted by molar-refractivity contribution is 7.99. The second kappa shape index (κ2) is 6.19. The predicted octanol–water partition coefficient (Wildman–Crippen LogP) is 3.95. The van der Waals surface area contributed by atoms with E-state index in [0.29, 0.717) is 6.04 Å². The molecular weight excluding hydrogens is 214 g/mol. The van der Waals surface area contributed by atoms with Crippen molar-refractivity contribution in [3.8, 4) is 0 Å². The van der Waals surface area contributed by atoms with Crippen molar-refractivity contribution in [2.45, 2.75) is 38.6 Å².